The molecule has 0 saturated heterocycles. The summed E-state index contributed by atoms with van der Waals surface area (Å²) in [5.41, 5.74) is 11.9. The van der Waals surface area contributed by atoms with Crippen molar-refractivity contribution in [3.05, 3.63) is 181 Å². The molecule has 8 aromatic rings. The minimum Gasteiger partial charge on any atom is -0.309 e. The summed E-state index contributed by atoms with van der Waals surface area (Å²) in [7, 11) is 0. The SMILES string of the molecule is C1=CCC(C2c3cc(-c4ccc(-c5nc(-c6ccccc6)nc(-c6ccccc6)n5)cc4)ccc3-n3c4ccccc4c4cccc2c43)C=C1. The van der Waals surface area contributed by atoms with Crippen LogP contribution in [0.15, 0.2) is 170 Å². The van der Waals surface area contributed by atoms with Crippen LogP contribution in [-0.2, 0) is 0 Å². The molecule has 2 unspecified atom stereocenters. The number of benzene rings is 6. The summed E-state index contributed by atoms with van der Waals surface area (Å²) in [5, 5.41) is 2.63. The average Bonchev–Trinajstić information content (AvgIpc) is 3.54. The van der Waals surface area contributed by atoms with E-state index in [-0.39, 0.29) is 5.92 Å². The van der Waals surface area contributed by atoms with E-state index in [0.717, 1.165) is 28.7 Å². The molecule has 2 aliphatic rings. The molecular formula is C46H32N4. The van der Waals surface area contributed by atoms with E-state index < -0.39 is 0 Å². The van der Waals surface area contributed by atoms with E-state index in [2.05, 4.69) is 114 Å². The standard InChI is InChI=1S/C46H32N4/c1-4-13-31(14-5-1)42-38-21-12-20-37-36-19-10-11-22-40(36)50(43(37)38)41-28-27-35(29-39(41)42)30-23-25-34(26-24-30)46-48-44(32-15-6-2-7-16-32)47-45(49-46)33-17-8-3-9-18-33/h1-13,15-29,31,42H,14H2. The summed E-state index contributed by atoms with van der Waals surface area (Å²) in [6.07, 6.45) is 10.1. The minimum atomic E-state index is 0.254. The fourth-order valence-corrected chi connectivity index (χ4v) is 7.96. The number of rotatable bonds is 5. The molecule has 0 amide bonds. The lowest BCUT2D eigenvalue weighted by atomic mass is 9.74. The van der Waals surface area contributed by atoms with E-state index in [1.165, 1.54) is 44.2 Å². The average molecular weight is 641 g/mol. The predicted octanol–water partition coefficient (Wildman–Crippen LogP) is 11.2. The first-order valence-electron chi connectivity index (χ1n) is 17.3. The van der Waals surface area contributed by atoms with Crippen molar-refractivity contribution >= 4 is 21.8 Å². The van der Waals surface area contributed by atoms with E-state index in [1.807, 2.05) is 60.7 Å². The number of nitrogens with zero attached hydrogens (tertiary/aromatic N) is 4. The normalized spacial score (nSPS) is 16.2. The zero-order valence-corrected chi connectivity index (χ0v) is 27.3. The molecule has 2 aromatic heterocycles. The van der Waals surface area contributed by atoms with Crippen LogP contribution in [0.3, 0.4) is 0 Å². The van der Waals surface area contributed by atoms with Crippen molar-refractivity contribution in [2.45, 2.75) is 12.3 Å². The summed E-state index contributed by atoms with van der Waals surface area (Å²) in [6, 6.07) is 51.6. The molecule has 2 atom stereocenters. The van der Waals surface area contributed by atoms with Gasteiger partial charge in [-0.15, -0.1) is 0 Å². The Morgan fingerprint density at radius 2 is 1.08 bits per heavy atom. The summed E-state index contributed by atoms with van der Waals surface area (Å²) >= 11 is 0. The lowest BCUT2D eigenvalue weighted by Gasteiger charge is -2.33. The Balaban J connectivity index is 1.09. The molecule has 1 aliphatic heterocycles. The topological polar surface area (TPSA) is 43.6 Å². The second-order valence-electron chi connectivity index (χ2n) is 13.2. The molecule has 0 fully saturated rings. The fraction of sp³-hybridized carbons (Fsp3) is 0.0652. The van der Waals surface area contributed by atoms with Gasteiger partial charge in [-0.25, -0.2) is 15.0 Å². The first-order chi connectivity index (χ1) is 24.8. The molecule has 50 heavy (non-hydrogen) atoms. The molecule has 0 saturated carbocycles. The Morgan fingerprint density at radius 3 is 1.76 bits per heavy atom. The molecule has 0 spiro atoms. The Morgan fingerprint density at radius 1 is 0.480 bits per heavy atom. The lowest BCUT2D eigenvalue weighted by molar-refractivity contribution is 0.568. The molecule has 0 bridgehead atoms. The highest BCUT2D eigenvalue weighted by atomic mass is 15.0. The number of hydrogen-bond donors (Lipinski definition) is 0. The maximum absolute atomic E-state index is 4.94. The van der Waals surface area contributed by atoms with Crippen molar-refractivity contribution in [1.82, 2.24) is 19.5 Å². The molecular weight excluding hydrogens is 609 g/mol. The highest BCUT2D eigenvalue weighted by Gasteiger charge is 2.33. The summed E-state index contributed by atoms with van der Waals surface area (Å²) in [6.45, 7) is 0. The molecule has 0 N–H and O–H groups in total. The van der Waals surface area contributed by atoms with E-state index in [1.54, 1.807) is 0 Å². The van der Waals surface area contributed by atoms with Gasteiger partial charge >= 0.3 is 0 Å². The van der Waals surface area contributed by atoms with Gasteiger partial charge in [-0.2, -0.15) is 0 Å². The molecule has 3 heterocycles. The molecule has 0 radical (unpaired) electrons. The maximum atomic E-state index is 4.94. The van der Waals surface area contributed by atoms with E-state index >= 15 is 0 Å². The van der Waals surface area contributed by atoms with Crippen LogP contribution < -0.4 is 0 Å². The van der Waals surface area contributed by atoms with Gasteiger partial charge in [0.05, 0.1) is 16.7 Å². The van der Waals surface area contributed by atoms with Gasteiger partial charge in [0.25, 0.3) is 0 Å². The molecule has 10 rings (SSSR count). The minimum absolute atomic E-state index is 0.254. The maximum Gasteiger partial charge on any atom is 0.164 e. The van der Waals surface area contributed by atoms with Crippen molar-refractivity contribution in [3.63, 3.8) is 0 Å². The molecule has 4 nitrogen and oxygen atoms in total. The Hall–Kier alpha value is -6.39. The Labute approximate surface area is 290 Å². The second-order valence-corrected chi connectivity index (χ2v) is 13.2. The van der Waals surface area contributed by atoms with Gasteiger partial charge < -0.3 is 4.57 Å². The van der Waals surface area contributed by atoms with Gasteiger partial charge in [0.2, 0.25) is 0 Å². The number of para-hydroxylation sites is 2. The lowest BCUT2D eigenvalue weighted by Crippen LogP contribution is -2.20. The second kappa shape index (κ2) is 11.6. The van der Waals surface area contributed by atoms with E-state index in [0.29, 0.717) is 23.4 Å². The van der Waals surface area contributed by atoms with Gasteiger partial charge in [-0.3, -0.25) is 0 Å². The monoisotopic (exact) mass is 640 g/mol. The summed E-state index contributed by atoms with van der Waals surface area (Å²) in [4.78, 5) is 14.8. The quantitative estimate of drug-likeness (QED) is 0.188. The van der Waals surface area contributed by atoms with Crippen LogP contribution in [-0.4, -0.2) is 19.5 Å². The highest BCUT2D eigenvalue weighted by Crippen LogP contribution is 2.49. The van der Waals surface area contributed by atoms with Gasteiger partial charge in [0, 0.05) is 33.4 Å². The van der Waals surface area contributed by atoms with Crippen LogP contribution in [0, 0.1) is 5.92 Å². The number of allylic oxidation sites excluding steroid dienone is 4. The van der Waals surface area contributed by atoms with Crippen LogP contribution in [0.5, 0.6) is 0 Å². The van der Waals surface area contributed by atoms with Crippen LogP contribution >= 0.6 is 0 Å². The van der Waals surface area contributed by atoms with Gasteiger partial charge in [0.15, 0.2) is 17.5 Å². The van der Waals surface area contributed by atoms with Crippen molar-refractivity contribution in [1.29, 1.82) is 0 Å². The summed E-state index contributed by atoms with van der Waals surface area (Å²) < 4.78 is 2.50. The smallest absolute Gasteiger partial charge is 0.164 e. The number of aromatic nitrogens is 4. The van der Waals surface area contributed by atoms with Crippen molar-refractivity contribution in [3.8, 4) is 51.0 Å². The molecule has 1 aliphatic carbocycles. The van der Waals surface area contributed by atoms with Crippen molar-refractivity contribution in [2.24, 2.45) is 5.92 Å². The highest BCUT2D eigenvalue weighted by molar-refractivity contribution is 6.11. The molecule has 236 valence electrons. The van der Waals surface area contributed by atoms with Crippen molar-refractivity contribution in [2.75, 3.05) is 0 Å². The van der Waals surface area contributed by atoms with E-state index in [9.17, 15) is 0 Å². The largest absolute Gasteiger partial charge is 0.309 e. The van der Waals surface area contributed by atoms with Crippen LogP contribution in [0.25, 0.3) is 72.8 Å². The fourth-order valence-electron chi connectivity index (χ4n) is 7.96. The van der Waals surface area contributed by atoms with Crippen LogP contribution in [0.1, 0.15) is 23.5 Å². The zero-order chi connectivity index (χ0) is 33.0. The third-order valence-corrected chi connectivity index (χ3v) is 10.3. The molecule has 4 heteroatoms. The molecule has 6 aromatic carbocycles. The predicted molar refractivity (Wildman–Crippen MR) is 204 cm³/mol. The van der Waals surface area contributed by atoms with Crippen molar-refractivity contribution < 1.29 is 0 Å². The first-order valence-corrected chi connectivity index (χ1v) is 17.3. The van der Waals surface area contributed by atoms with Gasteiger partial charge in [0.1, 0.15) is 0 Å². The summed E-state index contributed by atoms with van der Waals surface area (Å²) in [5.74, 6) is 2.63. The third kappa shape index (κ3) is 4.64. The number of fused-ring (bicyclic) bond motifs is 5. The van der Waals surface area contributed by atoms with Gasteiger partial charge in [-0.05, 0) is 52.8 Å². The van der Waals surface area contributed by atoms with Gasteiger partial charge in [-0.1, -0.05) is 152 Å². The Bertz CT molecular complexity index is 2560. The zero-order valence-electron chi connectivity index (χ0n) is 27.3. The van der Waals surface area contributed by atoms with Crippen LogP contribution in [0.4, 0.5) is 0 Å². The van der Waals surface area contributed by atoms with E-state index in [4.69, 9.17) is 15.0 Å². The van der Waals surface area contributed by atoms with Crippen LogP contribution in [0.2, 0.25) is 0 Å². The third-order valence-electron chi connectivity index (χ3n) is 10.3. The first kappa shape index (κ1) is 28.6. The Kier molecular flexibility index (Phi) is 6.66. The number of hydrogen-bond acceptors (Lipinski definition) is 3.